The average molecular weight is 217 g/mol. The number of para-hydroxylation sites is 1. The molecule has 1 heterocycles. The lowest BCUT2D eigenvalue weighted by Gasteiger charge is -2.07. The van der Waals surface area contributed by atoms with Crippen LogP contribution in [0.5, 0.6) is 5.75 Å². The molecular formula is C14H19NO. The zero-order valence-corrected chi connectivity index (χ0v) is 9.78. The van der Waals surface area contributed by atoms with Crippen LogP contribution in [0.2, 0.25) is 0 Å². The highest BCUT2D eigenvalue weighted by Gasteiger charge is 2.10. The maximum Gasteiger partial charge on any atom is 0.126 e. The van der Waals surface area contributed by atoms with Crippen LogP contribution in [0, 0.1) is 0 Å². The van der Waals surface area contributed by atoms with Crippen LogP contribution in [0.3, 0.4) is 0 Å². The first-order valence-electron chi connectivity index (χ1n) is 6.03. The van der Waals surface area contributed by atoms with Crippen molar-refractivity contribution in [2.45, 2.75) is 25.8 Å². The van der Waals surface area contributed by atoms with Gasteiger partial charge in [-0.1, -0.05) is 30.4 Å². The molecule has 0 amide bonds. The number of rotatable bonds is 4. The summed E-state index contributed by atoms with van der Waals surface area (Å²) in [4.78, 5) is 0. The molecule has 2 rings (SSSR count). The number of benzene rings is 1. The van der Waals surface area contributed by atoms with Crippen LogP contribution < -0.4 is 10.1 Å². The van der Waals surface area contributed by atoms with Gasteiger partial charge in [0.25, 0.3) is 0 Å². The predicted octanol–water partition coefficient (Wildman–Crippen LogP) is 2.85. The number of hydrogen-bond donors (Lipinski definition) is 1. The van der Waals surface area contributed by atoms with Crippen LogP contribution in [0.1, 0.15) is 25.3 Å². The summed E-state index contributed by atoms with van der Waals surface area (Å²) in [6.45, 7) is 3.87. The Morgan fingerprint density at radius 1 is 1.44 bits per heavy atom. The van der Waals surface area contributed by atoms with E-state index in [4.69, 9.17) is 4.74 Å². The highest BCUT2D eigenvalue weighted by Crippen LogP contribution is 2.20. The van der Waals surface area contributed by atoms with Crippen molar-refractivity contribution in [1.82, 2.24) is 5.32 Å². The van der Waals surface area contributed by atoms with Crippen molar-refractivity contribution in [3.05, 3.63) is 35.9 Å². The second kappa shape index (κ2) is 5.71. The van der Waals surface area contributed by atoms with Crippen LogP contribution in [0.4, 0.5) is 0 Å². The standard InChI is InChI=1S/C14H19NO/c1-2-16-14-8-4-3-6-12(14)9-10-13-7-5-11-15-13/h3-4,6,8-10,13,15H,2,5,7,11H2,1H3/b10-9+. The van der Waals surface area contributed by atoms with E-state index in [1.54, 1.807) is 0 Å². The minimum absolute atomic E-state index is 0.537. The Hall–Kier alpha value is -1.28. The van der Waals surface area contributed by atoms with E-state index in [0.717, 1.165) is 17.9 Å². The van der Waals surface area contributed by atoms with E-state index < -0.39 is 0 Å². The number of ether oxygens (including phenoxy) is 1. The van der Waals surface area contributed by atoms with Crippen LogP contribution in [0.25, 0.3) is 6.08 Å². The molecule has 0 aromatic heterocycles. The molecule has 2 nitrogen and oxygen atoms in total. The Kier molecular flexibility index (Phi) is 4.00. The molecule has 1 aromatic carbocycles. The largest absolute Gasteiger partial charge is 0.493 e. The van der Waals surface area contributed by atoms with Gasteiger partial charge in [0.05, 0.1) is 6.61 Å². The zero-order chi connectivity index (χ0) is 11.2. The molecule has 1 saturated heterocycles. The smallest absolute Gasteiger partial charge is 0.126 e. The van der Waals surface area contributed by atoms with Crippen molar-refractivity contribution in [3.63, 3.8) is 0 Å². The van der Waals surface area contributed by atoms with E-state index in [0.29, 0.717) is 12.6 Å². The second-order valence-electron chi connectivity index (χ2n) is 4.03. The minimum atomic E-state index is 0.537. The monoisotopic (exact) mass is 217 g/mol. The lowest BCUT2D eigenvalue weighted by Crippen LogP contribution is -2.17. The van der Waals surface area contributed by atoms with Gasteiger partial charge in [0, 0.05) is 11.6 Å². The summed E-state index contributed by atoms with van der Waals surface area (Å²) in [5.41, 5.74) is 1.16. The molecule has 0 saturated carbocycles. The van der Waals surface area contributed by atoms with E-state index >= 15 is 0 Å². The maximum absolute atomic E-state index is 5.58. The Balaban J connectivity index is 2.07. The SMILES string of the molecule is CCOc1ccccc1/C=C/C1CCCN1. The summed E-state index contributed by atoms with van der Waals surface area (Å²) >= 11 is 0. The Morgan fingerprint density at radius 3 is 3.06 bits per heavy atom. The van der Waals surface area contributed by atoms with Gasteiger partial charge in [-0.2, -0.15) is 0 Å². The van der Waals surface area contributed by atoms with E-state index in [-0.39, 0.29) is 0 Å². The van der Waals surface area contributed by atoms with Crippen LogP contribution >= 0.6 is 0 Å². The first-order valence-corrected chi connectivity index (χ1v) is 6.03. The minimum Gasteiger partial charge on any atom is -0.493 e. The predicted molar refractivity (Wildman–Crippen MR) is 67.7 cm³/mol. The van der Waals surface area contributed by atoms with Crippen molar-refractivity contribution < 1.29 is 4.74 Å². The fourth-order valence-corrected chi connectivity index (χ4v) is 2.00. The van der Waals surface area contributed by atoms with Crippen LogP contribution in [-0.4, -0.2) is 19.2 Å². The summed E-state index contributed by atoms with van der Waals surface area (Å²) in [5, 5.41) is 3.45. The molecule has 1 N–H and O–H groups in total. The molecule has 2 heteroatoms. The summed E-state index contributed by atoms with van der Waals surface area (Å²) in [6.07, 6.45) is 6.92. The fraction of sp³-hybridized carbons (Fsp3) is 0.429. The molecule has 1 aliphatic heterocycles. The van der Waals surface area contributed by atoms with Gasteiger partial charge < -0.3 is 10.1 Å². The van der Waals surface area contributed by atoms with Crippen molar-refractivity contribution in [2.75, 3.05) is 13.2 Å². The van der Waals surface area contributed by atoms with Gasteiger partial charge in [0.1, 0.15) is 5.75 Å². The summed E-state index contributed by atoms with van der Waals surface area (Å²) in [5.74, 6) is 0.972. The molecule has 1 aliphatic rings. The Labute approximate surface area is 97.3 Å². The normalized spacial score (nSPS) is 20.4. The third-order valence-electron chi connectivity index (χ3n) is 2.83. The molecule has 0 radical (unpaired) electrons. The Morgan fingerprint density at radius 2 is 2.31 bits per heavy atom. The van der Waals surface area contributed by atoms with Crippen molar-refractivity contribution in [2.24, 2.45) is 0 Å². The molecule has 16 heavy (non-hydrogen) atoms. The topological polar surface area (TPSA) is 21.3 Å². The highest BCUT2D eigenvalue weighted by molar-refractivity contribution is 5.57. The molecule has 0 bridgehead atoms. The summed E-state index contributed by atoms with van der Waals surface area (Å²) in [7, 11) is 0. The van der Waals surface area contributed by atoms with Gasteiger partial charge in [-0.05, 0) is 32.4 Å². The van der Waals surface area contributed by atoms with E-state index in [2.05, 4.69) is 23.5 Å². The first kappa shape index (κ1) is 11.2. The van der Waals surface area contributed by atoms with Crippen molar-refractivity contribution in [3.8, 4) is 5.75 Å². The van der Waals surface area contributed by atoms with Crippen LogP contribution in [-0.2, 0) is 0 Å². The van der Waals surface area contributed by atoms with Crippen LogP contribution in [0.15, 0.2) is 30.3 Å². The first-order chi connectivity index (χ1) is 7.90. The van der Waals surface area contributed by atoms with E-state index in [9.17, 15) is 0 Å². The summed E-state index contributed by atoms with van der Waals surface area (Å²) in [6, 6.07) is 8.71. The van der Waals surface area contributed by atoms with Gasteiger partial charge in [0.15, 0.2) is 0 Å². The van der Waals surface area contributed by atoms with Crippen molar-refractivity contribution >= 4 is 6.08 Å². The van der Waals surface area contributed by atoms with E-state index in [1.165, 1.54) is 12.8 Å². The van der Waals surface area contributed by atoms with Gasteiger partial charge in [-0.25, -0.2) is 0 Å². The molecule has 86 valence electrons. The Bertz CT molecular complexity index is 354. The van der Waals surface area contributed by atoms with Gasteiger partial charge in [0.2, 0.25) is 0 Å². The molecule has 0 aliphatic carbocycles. The number of nitrogens with one attached hydrogen (secondary N) is 1. The average Bonchev–Trinajstić information content (AvgIpc) is 2.81. The van der Waals surface area contributed by atoms with E-state index in [1.807, 2.05) is 25.1 Å². The molecule has 1 unspecified atom stereocenters. The maximum atomic E-state index is 5.58. The van der Waals surface area contributed by atoms with Gasteiger partial charge in [-0.15, -0.1) is 0 Å². The highest BCUT2D eigenvalue weighted by atomic mass is 16.5. The van der Waals surface area contributed by atoms with Gasteiger partial charge in [-0.3, -0.25) is 0 Å². The zero-order valence-electron chi connectivity index (χ0n) is 9.78. The number of hydrogen-bond acceptors (Lipinski definition) is 2. The fourth-order valence-electron chi connectivity index (χ4n) is 2.00. The van der Waals surface area contributed by atoms with Crippen molar-refractivity contribution in [1.29, 1.82) is 0 Å². The molecule has 1 aromatic rings. The molecule has 0 spiro atoms. The molecule has 1 fully saturated rings. The lowest BCUT2D eigenvalue weighted by molar-refractivity contribution is 0.339. The summed E-state index contributed by atoms with van der Waals surface area (Å²) < 4.78 is 5.58. The molecule has 1 atom stereocenters. The molecular weight excluding hydrogens is 198 g/mol. The quantitative estimate of drug-likeness (QED) is 0.837. The third-order valence-corrected chi connectivity index (χ3v) is 2.83. The second-order valence-corrected chi connectivity index (χ2v) is 4.03. The van der Waals surface area contributed by atoms with Gasteiger partial charge >= 0.3 is 0 Å². The lowest BCUT2D eigenvalue weighted by atomic mass is 10.1. The third kappa shape index (κ3) is 2.86.